The van der Waals surface area contributed by atoms with Gasteiger partial charge < -0.3 is 0 Å². The Hall–Kier alpha value is -0.771. The van der Waals surface area contributed by atoms with Gasteiger partial charge in [-0.3, -0.25) is 0 Å². The van der Waals surface area contributed by atoms with Gasteiger partial charge in [0.25, 0.3) is 0 Å². The molecule has 0 aliphatic carbocycles. The van der Waals surface area contributed by atoms with Gasteiger partial charge in [0, 0.05) is 0 Å². The molecule has 2 nitrogen and oxygen atoms in total. The van der Waals surface area contributed by atoms with Crippen LogP contribution < -0.4 is 4.46 Å². The SMILES string of the molecule is CCS[C@H](C)c1ccccc1[Se]C1[C@H](CO)CO[C@H]1c1ccccc1. The van der Waals surface area contributed by atoms with E-state index in [4.69, 9.17) is 4.74 Å². The summed E-state index contributed by atoms with van der Waals surface area (Å²) >= 11 is 2.26. The zero-order chi connectivity index (χ0) is 17.6. The van der Waals surface area contributed by atoms with E-state index in [1.807, 2.05) is 17.8 Å². The van der Waals surface area contributed by atoms with Crippen molar-refractivity contribution in [1.82, 2.24) is 0 Å². The number of hydrogen-bond donors (Lipinski definition) is 1. The minimum atomic E-state index is 0.0977. The van der Waals surface area contributed by atoms with E-state index >= 15 is 0 Å². The molecule has 0 bridgehead atoms. The number of hydrogen-bond acceptors (Lipinski definition) is 3. The van der Waals surface area contributed by atoms with E-state index in [1.54, 1.807) is 0 Å². The first-order valence-corrected chi connectivity index (χ1v) is 11.8. The molecule has 4 heteroatoms. The molecule has 0 saturated carbocycles. The maximum absolute atomic E-state index is 9.87. The molecule has 1 aliphatic heterocycles. The summed E-state index contributed by atoms with van der Waals surface area (Å²) in [6, 6.07) is 19.3. The molecule has 3 rings (SSSR count). The summed E-state index contributed by atoms with van der Waals surface area (Å²) in [6.45, 7) is 5.38. The molecule has 1 heterocycles. The molecule has 0 radical (unpaired) electrons. The first-order valence-electron chi connectivity index (χ1n) is 8.89. The first kappa shape index (κ1) is 19.0. The van der Waals surface area contributed by atoms with E-state index in [0.29, 0.717) is 16.7 Å². The molecule has 134 valence electrons. The minimum absolute atomic E-state index is 0.0977. The summed E-state index contributed by atoms with van der Waals surface area (Å²) in [7, 11) is 0. The molecule has 1 saturated heterocycles. The topological polar surface area (TPSA) is 29.5 Å². The maximum atomic E-state index is 9.87. The predicted octanol–water partition coefficient (Wildman–Crippen LogP) is 4.00. The summed E-state index contributed by atoms with van der Waals surface area (Å²) in [6.07, 6.45) is 0.0977. The molecule has 1 fully saturated rings. The number of benzene rings is 2. The second-order valence-electron chi connectivity index (χ2n) is 6.33. The summed E-state index contributed by atoms with van der Waals surface area (Å²) in [4.78, 5) is 0.375. The molecular formula is C21H26O2SSe. The number of rotatable bonds is 7. The Morgan fingerprint density at radius 3 is 2.60 bits per heavy atom. The molecule has 1 unspecified atom stereocenters. The molecule has 2 aromatic carbocycles. The molecule has 0 spiro atoms. The van der Waals surface area contributed by atoms with E-state index in [-0.39, 0.29) is 33.6 Å². The summed E-state index contributed by atoms with van der Waals surface area (Å²) in [5, 5.41) is 10.4. The van der Waals surface area contributed by atoms with Crippen LogP contribution in [-0.2, 0) is 4.74 Å². The first-order chi connectivity index (χ1) is 12.2. The van der Waals surface area contributed by atoms with Crippen molar-refractivity contribution in [3.63, 3.8) is 0 Å². The van der Waals surface area contributed by atoms with Gasteiger partial charge in [-0.1, -0.05) is 0 Å². The van der Waals surface area contributed by atoms with Crippen molar-refractivity contribution in [2.75, 3.05) is 19.0 Å². The van der Waals surface area contributed by atoms with Gasteiger partial charge in [-0.15, -0.1) is 0 Å². The molecule has 4 atom stereocenters. The predicted molar refractivity (Wildman–Crippen MR) is 108 cm³/mol. The van der Waals surface area contributed by atoms with Crippen molar-refractivity contribution in [1.29, 1.82) is 0 Å². The van der Waals surface area contributed by atoms with Crippen molar-refractivity contribution in [3.05, 3.63) is 65.7 Å². The van der Waals surface area contributed by atoms with Crippen LogP contribution >= 0.6 is 11.8 Å². The van der Waals surface area contributed by atoms with Crippen LogP contribution in [0.3, 0.4) is 0 Å². The average Bonchev–Trinajstić information content (AvgIpc) is 3.05. The molecule has 0 amide bonds. The van der Waals surface area contributed by atoms with Gasteiger partial charge in [0.2, 0.25) is 0 Å². The third-order valence-electron chi connectivity index (χ3n) is 4.65. The second-order valence-corrected chi connectivity index (χ2v) is 10.5. The fraction of sp³-hybridized carbons (Fsp3) is 0.429. The van der Waals surface area contributed by atoms with Crippen LogP contribution in [0.1, 0.15) is 36.3 Å². The van der Waals surface area contributed by atoms with Crippen LogP contribution in [-0.4, -0.2) is 39.0 Å². The Morgan fingerprint density at radius 2 is 1.88 bits per heavy atom. The second kappa shape index (κ2) is 9.25. The Labute approximate surface area is 161 Å². The van der Waals surface area contributed by atoms with Gasteiger partial charge in [0.1, 0.15) is 0 Å². The van der Waals surface area contributed by atoms with Gasteiger partial charge in [0.05, 0.1) is 0 Å². The number of aliphatic hydroxyl groups excluding tert-OH is 1. The van der Waals surface area contributed by atoms with Crippen LogP contribution in [0.5, 0.6) is 0 Å². The fourth-order valence-corrected chi connectivity index (χ4v) is 7.62. The fourth-order valence-electron chi connectivity index (χ4n) is 3.32. The number of thioether (sulfide) groups is 1. The Kier molecular flexibility index (Phi) is 7.03. The summed E-state index contributed by atoms with van der Waals surface area (Å²) in [5.41, 5.74) is 2.68. The summed E-state index contributed by atoms with van der Waals surface area (Å²) in [5.74, 6) is 1.36. The molecular weight excluding hydrogens is 395 g/mol. The van der Waals surface area contributed by atoms with E-state index in [9.17, 15) is 5.11 Å². The zero-order valence-electron chi connectivity index (χ0n) is 14.8. The molecule has 2 aromatic rings. The van der Waals surface area contributed by atoms with Crippen LogP contribution in [0.25, 0.3) is 0 Å². The van der Waals surface area contributed by atoms with Crippen molar-refractivity contribution in [2.24, 2.45) is 5.92 Å². The van der Waals surface area contributed by atoms with E-state index in [0.717, 1.165) is 5.75 Å². The number of ether oxygens (including phenoxy) is 1. The van der Waals surface area contributed by atoms with Crippen LogP contribution in [0.4, 0.5) is 0 Å². The van der Waals surface area contributed by atoms with Crippen molar-refractivity contribution >= 4 is 31.2 Å². The Balaban J connectivity index is 1.86. The van der Waals surface area contributed by atoms with Crippen molar-refractivity contribution in [3.8, 4) is 0 Å². The Morgan fingerprint density at radius 1 is 1.16 bits per heavy atom. The Bertz CT molecular complexity index is 664. The average molecular weight is 421 g/mol. The molecule has 0 aromatic heterocycles. The van der Waals surface area contributed by atoms with Crippen molar-refractivity contribution < 1.29 is 9.84 Å². The quantitative estimate of drug-likeness (QED) is 0.686. The van der Waals surface area contributed by atoms with Crippen LogP contribution in [0.2, 0.25) is 4.82 Å². The van der Waals surface area contributed by atoms with Gasteiger partial charge in [0.15, 0.2) is 0 Å². The van der Waals surface area contributed by atoms with Crippen LogP contribution in [0.15, 0.2) is 54.6 Å². The molecule has 1 N–H and O–H groups in total. The van der Waals surface area contributed by atoms with Gasteiger partial charge in [-0.25, -0.2) is 0 Å². The van der Waals surface area contributed by atoms with Gasteiger partial charge in [-0.2, -0.15) is 0 Å². The van der Waals surface area contributed by atoms with Crippen molar-refractivity contribution in [2.45, 2.75) is 30.0 Å². The van der Waals surface area contributed by atoms with E-state index < -0.39 is 0 Å². The normalized spacial score (nSPS) is 24.4. The third kappa shape index (κ3) is 4.50. The third-order valence-corrected chi connectivity index (χ3v) is 8.95. The van der Waals surface area contributed by atoms with Gasteiger partial charge in [-0.05, 0) is 0 Å². The van der Waals surface area contributed by atoms with Crippen LogP contribution in [0, 0.1) is 5.92 Å². The summed E-state index contributed by atoms with van der Waals surface area (Å²) < 4.78 is 7.58. The molecule has 1 aliphatic rings. The monoisotopic (exact) mass is 422 g/mol. The standard InChI is InChI=1S/C21H26O2SSe/c1-3-24-15(2)18-11-7-8-12-19(18)25-21-17(13-22)14-23-20(21)16-9-5-4-6-10-16/h4-12,15,17,20-22H,3,13-14H2,1-2H3/t15-,17-,20+,21?/m1/s1. The zero-order valence-corrected chi connectivity index (χ0v) is 17.3. The number of aliphatic hydroxyl groups is 1. The van der Waals surface area contributed by atoms with E-state index in [1.165, 1.54) is 15.6 Å². The van der Waals surface area contributed by atoms with E-state index in [2.05, 4.69) is 62.4 Å². The van der Waals surface area contributed by atoms with Gasteiger partial charge >= 0.3 is 162 Å². The molecule has 25 heavy (non-hydrogen) atoms.